The number of hydrogen-bond donors (Lipinski definition) is 1. The van der Waals surface area contributed by atoms with Crippen molar-refractivity contribution in [2.24, 2.45) is 0 Å². The van der Waals surface area contributed by atoms with Gasteiger partial charge in [0.25, 0.3) is 0 Å². The van der Waals surface area contributed by atoms with E-state index in [9.17, 15) is 0 Å². The second-order valence-corrected chi connectivity index (χ2v) is 8.56. The molecule has 3 aromatic rings. The Morgan fingerprint density at radius 3 is 2.90 bits per heavy atom. The molecule has 1 atom stereocenters. The number of aromatic amines is 1. The van der Waals surface area contributed by atoms with Crippen molar-refractivity contribution in [1.82, 2.24) is 25.1 Å². The molecule has 1 N–H and O–H groups in total. The molecule has 0 amide bonds. The predicted molar refractivity (Wildman–Crippen MR) is 121 cm³/mol. The first-order chi connectivity index (χ1) is 15.3. The molecule has 0 radical (unpaired) electrons. The first-order valence-corrected chi connectivity index (χ1v) is 11.3. The number of hydrogen-bond acceptors (Lipinski definition) is 6. The van der Waals surface area contributed by atoms with E-state index in [0.717, 1.165) is 62.1 Å². The Morgan fingerprint density at radius 1 is 1.13 bits per heavy atom. The minimum atomic E-state index is 0.419. The van der Waals surface area contributed by atoms with Crippen LogP contribution in [0.3, 0.4) is 0 Å². The maximum Gasteiger partial charge on any atom is 0.225 e. The third kappa shape index (κ3) is 4.42. The quantitative estimate of drug-likeness (QED) is 0.656. The van der Waals surface area contributed by atoms with Crippen molar-refractivity contribution in [1.29, 1.82) is 0 Å². The summed E-state index contributed by atoms with van der Waals surface area (Å²) < 4.78 is 5.39. The number of benzene rings is 1. The van der Waals surface area contributed by atoms with Gasteiger partial charge in [-0.1, -0.05) is 12.1 Å². The van der Waals surface area contributed by atoms with Crippen LogP contribution in [0.25, 0.3) is 11.3 Å². The zero-order chi connectivity index (χ0) is 21.0. The first kappa shape index (κ1) is 20.0. The van der Waals surface area contributed by atoms with Gasteiger partial charge in [0.05, 0.1) is 19.0 Å². The molecule has 0 spiro atoms. The van der Waals surface area contributed by atoms with E-state index in [1.807, 2.05) is 24.5 Å². The van der Waals surface area contributed by atoms with Crippen molar-refractivity contribution >= 4 is 5.95 Å². The largest absolute Gasteiger partial charge is 0.497 e. The highest BCUT2D eigenvalue weighted by atomic mass is 16.5. The Hall–Kier alpha value is -2.93. The molecular formula is C24H30N6O. The molecule has 7 nitrogen and oxygen atoms in total. The van der Waals surface area contributed by atoms with Crippen molar-refractivity contribution in [2.75, 3.05) is 38.2 Å². The molecule has 7 heteroatoms. The third-order valence-corrected chi connectivity index (χ3v) is 6.43. The molecule has 0 saturated carbocycles. The Labute approximate surface area is 183 Å². The Kier molecular flexibility index (Phi) is 5.84. The minimum Gasteiger partial charge on any atom is -0.497 e. The fraction of sp³-hybridized carbons (Fsp3) is 0.458. The van der Waals surface area contributed by atoms with E-state index in [2.05, 4.69) is 43.2 Å². The molecule has 2 fully saturated rings. The lowest BCUT2D eigenvalue weighted by atomic mass is 9.91. The van der Waals surface area contributed by atoms with E-state index in [4.69, 9.17) is 9.72 Å². The Morgan fingerprint density at radius 2 is 2.03 bits per heavy atom. The maximum atomic E-state index is 5.39. The van der Waals surface area contributed by atoms with Crippen LogP contribution in [0.4, 0.5) is 5.95 Å². The van der Waals surface area contributed by atoms with Crippen LogP contribution in [-0.2, 0) is 6.54 Å². The molecule has 1 aromatic carbocycles. The topological polar surface area (TPSA) is 70.2 Å². The van der Waals surface area contributed by atoms with Crippen molar-refractivity contribution in [3.8, 4) is 17.0 Å². The summed E-state index contributed by atoms with van der Waals surface area (Å²) in [6, 6.07) is 10.4. The summed E-state index contributed by atoms with van der Waals surface area (Å²) in [5, 5.41) is 7.69. The maximum absolute atomic E-state index is 5.39. The van der Waals surface area contributed by atoms with E-state index >= 15 is 0 Å². The number of nitrogens with one attached hydrogen (secondary N) is 1. The van der Waals surface area contributed by atoms with Crippen LogP contribution in [-0.4, -0.2) is 58.4 Å². The molecule has 31 heavy (non-hydrogen) atoms. The van der Waals surface area contributed by atoms with E-state index in [1.54, 1.807) is 7.11 Å². The number of rotatable bonds is 6. The van der Waals surface area contributed by atoms with Crippen molar-refractivity contribution in [3.05, 3.63) is 54.0 Å². The summed E-state index contributed by atoms with van der Waals surface area (Å²) >= 11 is 0. The molecule has 0 aliphatic carbocycles. The van der Waals surface area contributed by atoms with Crippen LogP contribution in [0.5, 0.6) is 5.75 Å². The molecule has 0 unspecified atom stereocenters. The van der Waals surface area contributed by atoms with Crippen LogP contribution >= 0.6 is 0 Å². The smallest absolute Gasteiger partial charge is 0.225 e. The van der Waals surface area contributed by atoms with Gasteiger partial charge in [-0.25, -0.2) is 9.97 Å². The normalized spacial score (nSPS) is 19.6. The molecular weight excluding hydrogens is 388 g/mol. The highest BCUT2D eigenvalue weighted by Crippen LogP contribution is 2.33. The van der Waals surface area contributed by atoms with Crippen LogP contribution in [0, 0.1) is 0 Å². The monoisotopic (exact) mass is 418 g/mol. The number of methoxy groups -OCH3 is 1. The fourth-order valence-corrected chi connectivity index (χ4v) is 4.84. The second-order valence-electron chi connectivity index (χ2n) is 8.56. The average Bonchev–Trinajstić information content (AvgIpc) is 3.52. The average molecular weight is 419 g/mol. The number of likely N-dealkylation sites (tertiary alicyclic amines) is 1. The zero-order valence-electron chi connectivity index (χ0n) is 18.1. The predicted octanol–water partition coefficient (Wildman–Crippen LogP) is 3.86. The van der Waals surface area contributed by atoms with Gasteiger partial charge in [-0.05, 0) is 56.0 Å². The van der Waals surface area contributed by atoms with Crippen molar-refractivity contribution in [2.45, 2.75) is 38.1 Å². The number of anilines is 1. The zero-order valence-corrected chi connectivity index (χ0v) is 18.1. The van der Waals surface area contributed by atoms with Gasteiger partial charge in [0.15, 0.2) is 0 Å². The van der Waals surface area contributed by atoms with E-state index < -0.39 is 0 Å². The lowest BCUT2D eigenvalue weighted by Gasteiger charge is -2.32. The third-order valence-electron chi connectivity index (χ3n) is 6.43. The van der Waals surface area contributed by atoms with Crippen LogP contribution in [0.15, 0.2) is 42.7 Å². The van der Waals surface area contributed by atoms with Gasteiger partial charge in [0.2, 0.25) is 5.95 Å². The molecule has 0 bridgehead atoms. The molecule has 162 valence electrons. The van der Waals surface area contributed by atoms with Crippen molar-refractivity contribution in [3.63, 3.8) is 0 Å². The second kappa shape index (κ2) is 9.06. The molecule has 2 aliphatic heterocycles. The molecule has 4 heterocycles. The lowest BCUT2D eigenvalue weighted by Crippen LogP contribution is -2.34. The van der Waals surface area contributed by atoms with Gasteiger partial charge in [0, 0.05) is 49.6 Å². The van der Waals surface area contributed by atoms with Gasteiger partial charge in [0.1, 0.15) is 5.75 Å². The highest BCUT2D eigenvalue weighted by molar-refractivity contribution is 5.63. The Balaban J connectivity index is 1.33. The highest BCUT2D eigenvalue weighted by Gasteiger charge is 2.26. The first-order valence-electron chi connectivity index (χ1n) is 11.3. The van der Waals surface area contributed by atoms with Gasteiger partial charge >= 0.3 is 0 Å². The minimum absolute atomic E-state index is 0.419. The summed E-state index contributed by atoms with van der Waals surface area (Å²) in [5.41, 5.74) is 4.55. The lowest BCUT2D eigenvalue weighted by molar-refractivity contribution is 0.198. The van der Waals surface area contributed by atoms with E-state index in [0.29, 0.717) is 5.92 Å². The fourth-order valence-electron chi connectivity index (χ4n) is 4.84. The van der Waals surface area contributed by atoms with Gasteiger partial charge < -0.3 is 9.64 Å². The summed E-state index contributed by atoms with van der Waals surface area (Å²) in [5.74, 6) is 2.17. The number of nitrogens with zero attached hydrogens (tertiary/aromatic N) is 5. The molecule has 2 aromatic heterocycles. The molecule has 5 rings (SSSR count). The Bertz CT molecular complexity index is 1010. The van der Waals surface area contributed by atoms with Crippen LogP contribution < -0.4 is 9.64 Å². The van der Waals surface area contributed by atoms with Gasteiger partial charge in [-0.2, -0.15) is 5.10 Å². The molecule has 2 aliphatic rings. The van der Waals surface area contributed by atoms with Crippen LogP contribution in [0.1, 0.15) is 42.9 Å². The van der Waals surface area contributed by atoms with Crippen LogP contribution in [0.2, 0.25) is 0 Å². The van der Waals surface area contributed by atoms with Crippen molar-refractivity contribution < 1.29 is 4.74 Å². The number of ether oxygens (including phenoxy) is 1. The van der Waals surface area contributed by atoms with Gasteiger partial charge in [-0.15, -0.1) is 0 Å². The number of aromatic nitrogens is 4. The summed E-state index contributed by atoms with van der Waals surface area (Å²) in [4.78, 5) is 14.2. The number of H-pyrrole nitrogens is 1. The van der Waals surface area contributed by atoms with Gasteiger partial charge in [-0.3, -0.25) is 10.00 Å². The summed E-state index contributed by atoms with van der Waals surface area (Å²) in [6.07, 6.45) is 8.57. The SMILES string of the molecule is COc1cccc(CN2CCC[C@H](c3[nH]ncc3-c3ccnc(N4CCCC4)n3)C2)c1. The van der Waals surface area contributed by atoms with E-state index in [-0.39, 0.29) is 0 Å². The van der Waals surface area contributed by atoms with E-state index in [1.165, 1.54) is 30.5 Å². The summed E-state index contributed by atoms with van der Waals surface area (Å²) in [7, 11) is 1.72. The summed E-state index contributed by atoms with van der Waals surface area (Å²) in [6.45, 7) is 5.15. The molecule has 2 saturated heterocycles. The standard InChI is InChI=1S/C24H30N6O/c1-31-20-8-4-6-18(14-20)16-29-11-5-7-19(17-29)23-21(15-26-28-23)22-9-10-25-24(27-22)30-12-2-3-13-30/h4,6,8-10,14-15,19H,2-3,5,7,11-13,16-17H2,1H3,(H,26,28)/t19-/m0/s1. The number of piperidine rings is 1.